The van der Waals surface area contributed by atoms with Crippen molar-refractivity contribution in [2.75, 3.05) is 5.32 Å². The van der Waals surface area contributed by atoms with E-state index in [0.717, 1.165) is 4.47 Å². The Balaban J connectivity index is 2.17. The van der Waals surface area contributed by atoms with Crippen LogP contribution in [0.2, 0.25) is 0 Å². The van der Waals surface area contributed by atoms with Gasteiger partial charge in [-0.25, -0.2) is 4.39 Å². The fourth-order valence-corrected chi connectivity index (χ4v) is 2.31. The second kappa shape index (κ2) is 6.18. The molecular weight excluding hydrogens is 375 g/mol. The van der Waals surface area contributed by atoms with Crippen molar-refractivity contribution in [1.29, 1.82) is 5.26 Å². The number of anilines is 1. The van der Waals surface area contributed by atoms with E-state index in [9.17, 15) is 4.39 Å². The molecule has 5 heteroatoms. The van der Waals surface area contributed by atoms with Crippen LogP contribution in [0, 0.1) is 17.1 Å². The van der Waals surface area contributed by atoms with Crippen molar-refractivity contribution in [3.05, 3.63) is 62.3 Å². The molecule has 0 atom stereocenters. The number of nitrogens with zero attached hydrogens (tertiary/aromatic N) is 1. The minimum absolute atomic E-state index is 0.280. The van der Waals surface area contributed by atoms with Gasteiger partial charge in [0.2, 0.25) is 0 Å². The Hall–Kier alpha value is -1.38. The van der Waals surface area contributed by atoms with Gasteiger partial charge in [0, 0.05) is 21.1 Å². The van der Waals surface area contributed by atoms with Crippen LogP contribution in [-0.4, -0.2) is 0 Å². The number of hydrogen-bond donors (Lipinski definition) is 1. The zero-order valence-electron chi connectivity index (χ0n) is 9.75. The molecule has 2 aromatic rings. The van der Waals surface area contributed by atoms with E-state index in [0.29, 0.717) is 27.8 Å². The van der Waals surface area contributed by atoms with Gasteiger partial charge in [-0.05, 0) is 30.3 Å². The molecule has 0 aliphatic carbocycles. The van der Waals surface area contributed by atoms with Gasteiger partial charge in [0.15, 0.2) is 0 Å². The molecule has 0 aliphatic rings. The molecule has 0 saturated heterocycles. The molecule has 0 saturated carbocycles. The maximum absolute atomic E-state index is 13.7. The predicted molar refractivity (Wildman–Crippen MR) is 80.3 cm³/mol. The third kappa shape index (κ3) is 3.55. The average Bonchev–Trinajstić information content (AvgIpc) is 2.39. The lowest BCUT2D eigenvalue weighted by molar-refractivity contribution is 0.612. The summed E-state index contributed by atoms with van der Waals surface area (Å²) in [6.07, 6.45) is 0. The summed E-state index contributed by atoms with van der Waals surface area (Å²) in [5.41, 5.74) is 1.76. The van der Waals surface area contributed by atoms with Crippen LogP contribution in [0.15, 0.2) is 45.3 Å². The summed E-state index contributed by atoms with van der Waals surface area (Å²) in [4.78, 5) is 0. The van der Waals surface area contributed by atoms with Crippen molar-refractivity contribution in [3.8, 4) is 6.07 Å². The van der Waals surface area contributed by atoms with E-state index in [1.165, 1.54) is 6.07 Å². The molecule has 2 rings (SSSR count). The number of benzene rings is 2. The number of nitrogens with one attached hydrogen (secondary N) is 1. The lowest BCUT2D eigenvalue weighted by Crippen LogP contribution is -2.03. The quantitative estimate of drug-likeness (QED) is 0.823. The highest BCUT2D eigenvalue weighted by molar-refractivity contribution is 9.10. The van der Waals surface area contributed by atoms with Crippen molar-refractivity contribution >= 4 is 37.5 Å². The van der Waals surface area contributed by atoms with Crippen LogP contribution in [0.4, 0.5) is 10.1 Å². The van der Waals surface area contributed by atoms with Gasteiger partial charge in [-0.3, -0.25) is 0 Å². The van der Waals surface area contributed by atoms with Crippen LogP contribution in [0.3, 0.4) is 0 Å². The van der Waals surface area contributed by atoms with Gasteiger partial charge in [0.25, 0.3) is 0 Å². The summed E-state index contributed by atoms with van der Waals surface area (Å²) in [5, 5.41) is 12.1. The van der Waals surface area contributed by atoms with Crippen LogP contribution in [-0.2, 0) is 6.54 Å². The van der Waals surface area contributed by atoms with Gasteiger partial charge in [-0.2, -0.15) is 5.26 Å². The number of rotatable bonds is 3. The smallest absolute Gasteiger partial charge is 0.129 e. The Morgan fingerprint density at radius 2 is 1.79 bits per heavy atom. The van der Waals surface area contributed by atoms with Crippen LogP contribution in [0.5, 0.6) is 0 Å². The summed E-state index contributed by atoms with van der Waals surface area (Å²) in [6, 6.07) is 12.4. The second-order valence-electron chi connectivity index (χ2n) is 3.89. The molecule has 0 aliphatic heterocycles. The van der Waals surface area contributed by atoms with Crippen molar-refractivity contribution in [3.63, 3.8) is 0 Å². The van der Waals surface area contributed by atoms with E-state index in [4.69, 9.17) is 5.26 Å². The number of hydrogen-bond acceptors (Lipinski definition) is 2. The Labute approximate surface area is 127 Å². The van der Waals surface area contributed by atoms with Gasteiger partial charge in [0.1, 0.15) is 11.9 Å². The number of halogens is 3. The predicted octanol–water partition coefficient (Wildman–Crippen LogP) is 4.83. The molecule has 19 heavy (non-hydrogen) atoms. The summed E-state index contributed by atoms with van der Waals surface area (Å²) in [5.74, 6) is -0.280. The monoisotopic (exact) mass is 382 g/mol. The van der Waals surface area contributed by atoms with E-state index in [1.54, 1.807) is 24.3 Å². The zero-order chi connectivity index (χ0) is 13.8. The lowest BCUT2D eigenvalue weighted by Gasteiger charge is -2.09. The second-order valence-corrected chi connectivity index (χ2v) is 5.72. The highest BCUT2D eigenvalue weighted by Gasteiger charge is 2.05. The normalized spacial score (nSPS) is 10.0. The standard InChI is InChI=1S/C14H9Br2FN2/c15-11-3-4-14(10(5-11)7-18)19-8-9-1-2-12(16)6-13(9)17/h1-6,19H,8H2. The topological polar surface area (TPSA) is 35.8 Å². The average molecular weight is 384 g/mol. The molecule has 2 nitrogen and oxygen atoms in total. The van der Waals surface area contributed by atoms with E-state index in [1.807, 2.05) is 6.07 Å². The van der Waals surface area contributed by atoms with E-state index in [-0.39, 0.29) is 5.82 Å². The number of nitriles is 1. The van der Waals surface area contributed by atoms with Crippen LogP contribution in [0.1, 0.15) is 11.1 Å². The van der Waals surface area contributed by atoms with Gasteiger partial charge in [0.05, 0.1) is 11.3 Å². The molecular formula is C14H9Br2FN2. The fraction of sp³-hybridized carbons (Fsp3) is 0.0714. The molecule has 0 aromatic heterocycles. The molecule has 0 heterocycles. The van der Waals surface area contributed by atoms with Crippen LogP contribution in [0.25, 0.3) is 0 Å². The minimum Gasteiger partial charge on any atom is -0.380 e. The Bertz CT molecular complexity index is 650. The molecule has 96 valence electrons. The SMILES string of the molecule is N#Cc1cc(Br)ccc1NCc1ccc(Br)cc1F. The van der Waals surface area contributed by atoms with Crippen LogP contribution >= 0.6 is 31.9 Å². The molecule has 0 radical (unpaired) electrons. The maximum Gasteiger partial charge on any atom is 0.129 e. The summed E-state index contributed by atoms with van der Waals surface area (Å²) in [6.45, 7) is 0.329. The minimum atomic E-state index is -0.280. The van der Waals surface area contributed by atoms with Gasteiger partial charge >= 0.3 is 0 Å². The highest BCUT2D eigenvalue weighted by atomic mass is 79.9. The third-order valence-corrected chi connectivity index (χ3v) is 3.57. The first-order valence-electron chi connectivity index (χ1n) is 5.47. The van der Waals surface area contributed by atoms with E-state index < -0.39 is 0 Å². The molecule has 0 fully saturated rings. The maximum atomic E-state index is 13.7. The van der Waals surface area contributed by atoms with Gasteiger partial charge in [-0.15, -0.1) is 0 Å². The molecule has 0 unspecified atom stereocenters. The molecule has 0 spiro atoms. The van der Waals surface area contributed by atoms with Crippen molar-refractivity contribution in [2.45, 2.75) is 6.54 Å². The lowest BCUT2D eigenvalue weighted by atomic mass is 10.1. The van der Waals surface area contributed by atoms with E-state index >= 15 is 0 Å². The highest BCUT2D eigenvalue weighted by Crippen LogP contribution is 2.22. The Morgan fingerprint density at radius 3 is 2.47 bits per heavy atom. The Kier molecular flexibility index (Phi) is 4.56. The summed E-state index contributed by atoms with van der Waals surface area (Å²) in [7, 11) is 0. The molecule has 2 aromatic carbocycles. The zero-order valence-corrected chi connectivity index (χ0v) is 12.9. The van der Waals surface area contributed by atoms with E-state index in [2.05, 4.69) is 43.2 Å². The van der Waals surface area contributed by atoms with Crippen LogP contribution < -0.4 is 5.32 Å². The Morgan fingerprint density at radius 1 is 1.11 bits per heavy atom. The summed E-state index contributed by atoms with van der Waals surface area (Å²) >= 11 is 6.52. The van der Waals surface area contributed by atoms with Gasteiger partial charge in [-0.1, -0.05) is 37.9 Å². The molecule has 0 bridgehead atoms. The largest absolute Gasteiger partial charge is 0.380 e. The van der Waals surface area contributed by atoms with Crippen molar-refractivity contribution < 1.29 is 4.39 Å². The first-order chi connectivity index (χ1) is 9.10. The summed E-state index contributed by atoms with van der Waals surface area (Å²) < 4.78 is 15.2. The third-order valence-electron chi connectivity index (χ3n) is 2.59. The first kappa shape index (κ1) is 14.0. The molecule has 1 N–H and O–H groups in total. The van der Waals surface area contributed by atoms with Crippen molar-refractivity contribution in [1.82, 2.24) is 0 Å². The first-order valence-corrected chi connectivity index (χ1v) is 7.06. The van der Waals surface area contributed by atoms with Crippen molar-refractivity contribution in [2.24, 2.45) is 0 Å². The molecule has 0 amide bonds. The van der Waals surface area contributed by atoms with Gasteiger partial charge < -0.3 is 5.32 Å². The fourth-order valence-electron chi connectivity index (χ4n) is 1.62.